The van der Waals surface area contributed by atoms with Crippen LogP contribution in [0.4, 0.5) is 11.4 Å². The smallest absolute Gasteiger partial charge is 0.273 e. The fraction of sp³-hybridized carbons (Fsp3) is 0.556. The Morgan fingerprint density at radius 3 is 2.19 bits per heavy atom. The minimum Gasteiger partial charge on any atom is -0.395 e. The molecule has 1 aromatic carbocycles. The summed E-state index contributed by atoms with van der Waals surface area (Å²) in [6, 6.07) is 7.11. The third-order valence-corrected chi connectivity index (χ3v) is 8.24. The molecule has 2 aliphatic carbocycles. The van der Waals surface area contributed by atoms with Crippen molar-refractivity contribution in [3.63, 3.8) is 0 Å². The van der Waals surface area contributed by atoms with Crippen LogP contribution in [-0.4, -0.2) is 40.2 Å². The monoisotopic (exact) mass is 511 g/mol. The van der Waals surface area contributed by atoms with Gasteiger partial charge in [-0.25, -0.2) is 0 Å². The van der Waals surface area contributed by atoms with E-state index in [1.807, 2.05) is 24.3 Å². The lowest BCUT2D eigenvalue weighted by atomic mass is 9.95. The van der Waals surface area contributed by atoms with Gasteiger partial charge in [0.05, 0.1) is 5.69 Å². The van der Waals surface area contributed by atoms with Crippen LogP contribution >= 0.6 is 11.5 Å². The van der Waals surface area contributed by atoms with Gasteiger partial charge in [0.25, 0.3) is 11.8 Å². The second kappa shape index (κ2) is 11.9. The molecule has 9 heteroatoms. The van der Waals surface area contributed by atoms with E-state index in [0.29, 0.717) is 5.69 Å². The van der Waals surface area contributed by atoms with E-state index < -0.39 is 11.9 Å². The molecule has 4 rings (SSSR count). The predicted molar refractivity (Wildman–Crippen MR) is 143 cm³/mol. The fourth-order valence-electron chi connectivity index (χ4n) is 5.14. The standard InChI is InChI=1S/C27H37N5O3S/c1-3-18-13-15-21(16-14-18)32(17(2)25(33)29-19-9-5-4-6-10-19)27(35)24-22(28)23(31-36-24)26(34)30-20-11-7-8-12-20/h13-17,19-20H,3-12,28H2,1-2H3,(H,29,33)(H,30,34). The molecule has 0 bridgehead atoms. The fourth-order valence-corrected chi connectivity index (χ4v) is 5.88. The summed E-state index contributed by atoms with van der Waals surface area (Å²) >= 11 is 0.907. The van der Waals surface area contributed by atoms with Gasteiger partial charge in [0.2, 0.25) is 5.91 Å². The minimum absolute atomic E-state index is 0.0653. The Morgan fingerprint density at radius 2 is 1.58 bits per heavy atom. The minimum atomic E-state index is -0.760. The Kier molecular flexibility index (Phi) is 8.61. The van der Waals surface area contributed by atoms with Gasteiger partial charge in [-0.1, -0.05) is 51.2 Å². The molecule has 36 heavy (non-hydrogen) atoms. The van der Waals surface area contributed by atoms with Crippen molar-refractivity contribution < 1.29 is 14.4 Å². The van der Waals surface area contributed by atoms with E-state index in [9.17, 15) is 14.4 Å². The summed E-state index contributed by atoms with van der Waals surface area (Å²) in [6.07, 6.45) is 10.2. The first-order valence-electron chi connectivity index (χ1n) is 13.2. The van der Waals surface area contributed by atoms with Crippen molar-refractivity contribution in [1.82, 2.24) is 15.0 Å². The zero-order valence-electron chi connectivity index (χ0n) is 21.2. The van der Waals surface area contributed by atoms with E-state index in [2.05, 4.69) is 21.9 Å². The lowest BCUT2D eigenvalue weighted by Gasteiger charge is -2.31. The molecule has 2 aromatic rings. The molecule has 8 nitrogen and oxygen atoms in total. The number of amides is 3. The number of hydrogen-bond donors (Lipinski definition) is 3. The molecule has 0 aliphatic heterocycles. The summed E-state index contributed by atoms with van der Waals surface area (Å²) in [5, 5.41) is 6.12. The molecule has 2 saturated carbocycles. The molecule has 4 N–H and O–H groups in total. The number of carbonyl (C=O) groups is 3. The van der Waals surface area contributed by atoms with Gasteiger partial charge < -0.3 is 16.4 Å². The molecule has 0 radical (unpaired) electrons. The van der Waals surface area contributed by atoms with E-state index >= 15 is 0 Å². The lowest BCUT2D eigenvalue weighted by molar-refractivity contribution is -0.122. The van der Waals surface area contributed by atoms with Crippen molar-refractivity contribution in [2.24, 2.45) is 0 Å². The van der Waals surface area contributed by atoms with Gasteiger partial charge in [0, 0.05) is 17.8 Å². The number of benzene rings is 1. The number of aromatic nitrogens is 1. The van der Waals surface area contributed by atoms with E-state index in [4.69, 9.17) is 5.73 Å². The summed E-state index contributed by atoms with van der Waals surface area (Å²) in [4.78, 5) is 41.5. The first-order chi connectivity index (χ1) is 17.4. The van der Waals surface area contributed by atoms with Crippen LogP contribution in [0, 0.1) is 0 Å². The van der Waals surface area contributed by atoms with Crippen molar-refractivity contribution in [2.75, 3.05) is 10.6 Å². The van der Waals surface area contributed by atoms with Crippen molar-refractivity contribution >= 4 is 40.6 Å². The molecular formula is C27H37N5O3S. The number of nitrogens with zero attached hydrogens (tertiary/aromatic N) is 2. The summed E-state index contributed by atoms with van der Waals surface area (Å²) in [6.45, 7) is 3.79. The molecule has 1 unspecified atom stereocenters. The van der Waals surface area contributed by atoms with Gasteiger partial charge in [-0.2, -0.15) is 4.37 Å². The molecule has 2 fully saturated rings. The van der Waals surface area contributed by atoms with E-state index in [1.165, 1.54) is 11.3 Å². The Morgan fingerprint density at radius 1 is 1.00 bits per heavy atom. The maximum Gasteiger partial charge on any atom is 0.273 e. The largest absolute Gasteiger partial charge is 0.395 e. The first kappa shape index (κ1) is 26.1. The van der Waals surface area contributed by atoms with E-state index in [1.54, 1.807) is 6.92 Å². The maximum absolute atomic E-state index is 13.8. The molecule has 1 atom stereocenters. The molecule has 0 saturated heterocycles. The molecule has 1 heterocycles. The van der Waals surface area contributed by atoms with Gasteiger partial charge in [-0.3, -0.25) is 19.3 Å². The number of nitrogens with one attached hydrogen (secondary N) is 2. The zero-order chi connectivity index (χ0) is 25.7. The van der Waals surface area contributed by atoms with Crippen molar-refractivity contribution in [3.8, 4) is 0 Å². The highest BCUT2D eigenvalue weighted by molar-refractivity contribution is 7.09. The number of carbonyl (C=O) groups excluding carboxylic acids is 3. The average molecular weight is 512 g/mol. The predicted octanol–water partition coefficient (Wildman–Crippen LogP) is 4.44. The summed E-state index contributed by atoms with van der Waals surface area (Å²) in [5.74, 6) is -0.978. The zero-order valence-corrected chi connectivity index (χ0v) is 22.0. The first-order valence-corrected chi connectivity index (χ1v) is 13.9. The maximum atomic E-state index is 13.8. The number of aryl methyl sites for hydroxylation is 1. The Balaban J connectivity index is 1.58. The van der Waals surface area contributed by atoms with Gasteiger partial charge in [0.15, 0.2) is 5.69 Å². The van der Waals surface area contributed by atoms with Crippen LogP contribution in [0.15, 0.2) is 24.3 Å². The van der Waals surface area contributed by atoms with Gasteiger partial charge in [0.1, 0.15) is 10.9 Å². The Bertz CT molecular complexity index is 1070. The number of rotatable bonds is 8. The number of hydrogen-bond acceptors (Lipinski definition) is 6. The molecule has 1 aromatic heterocycles. The lowest BCUT2D eigenvalue weighted by Crippen LogP contribution is -2.51. The summed E-state index contributed by atoms with van der Waals surface area (Å²) in [5.41, 5.74) is 8.19. The van der Waals surface area contributed by atoms with Crippen LogP contribution in [-0.2, 0) is 11.2 Å². The highest BCUT2D eigenvalue weighted by Crippen LogP contribution is 2.29. The van der Waals surface area contributed by atoms with Crippen LogP contribution in [0.5, 0.6) is 0 Å². The highest BCUT2D eigenvalue weighted by Gasteiger charge is 2.33. The second-order valence-electron chi connectivity index (χ2n) is 9.94. The van der Waals surface area contributed by atoms with E-state index in [-0.39, 0.29) is 40.2 Å². The Labute approximate surface area is 217 Å². The number of nitrogen functional groups attached to an aromatic ring is 1. The summed E-state index contributed by atoms with van der Waals surface area (Å²) in [7, 11) is 0. The van der Waals surface area contributed by atoms with Crippen LogP contribution in [0.1, 0.15) is 97.4 Å². The SMILES string of the molecule is CCc1ccc(N(C(=O)c2snc(C(=O)NC3CCCC3)c2N)C(C)C(=O)NC2CCCCC2)cc1. The van der Waals surface area contributed by atoms with Crippen molar-refractivity contribution in [3.05, 3.63) is 40.4 Å². The van der Waals surface area contributed by atoms with Crippen LogP contribution in [0.25, 0.3) is 0 Å². The topological polar surface area (TPSA) is 117 Å². The quantitative estimate of drug-likeness (QED) is 0.484. The molecule has 3 amide bonds. The second-order valence-corrected chi connectivity index (χ2v) is 10.7. The normalized spacial score (nSPS) is 17.5. The molecule has 0 spiro atoms. The van der Waals surface area contributed by atoms with Crippen LogP contribution < -0.4 is 21.3 Å². The highest BCUT2D eigenvalue weighted by atomic mass is 32.1. The van der Waals surface area contributed by atoms with Gasteiger partial charge in [-0.05, 0) is 68.3 Å². The van der Waals surface area contributed by atoms with Crippen molar-refractivity contribution in [1.29, 1.82) is 0 Å². The molecular weight excluding hydrogens is 474 g/mol. The third kappa shape index (κ3) is 5.88. The van der Waals surface area contributed by atoms with E-state index in [0.717, 1.165) is 74.9 Å². The molecule has 2 aliphatic rings. The third-order valence-electron chi connectivity index (χ3n) is 7.39. The number of anilines is 2. The van der Waals surface area contributed by atoms with Crippen LogP contribution in [0.3, 0.4) is 0 Å². The number of nitrogens with two attached hydrogens (primary N) is 1. The summed E-state index contributed by atoms with van der Waals surface area (Å²) < 4.78 is 4.24. The Hall–Kier alpha value is -2.94. The van der Waals surface area contributed by atoms with Gasteiger partial charge >= 0.3 is 0 Å². The average Bonchev–Trinajstić information content (AvgIpc) is 3.54. The van der Waals surface area contributed by atoms with Gasteiger partial charge in [-0.15, -0.1) is 0 Å². The van der Waals surface area contributed by atoms with Crippen molar-refractivity contribution in [2.45, 2.75) is 96.2 Å². The molecule has 194 valence electrons. The van der Waals surface area contributed by atoms with Crippen LogP contribution in [0.2, 0.25) is 0 Å².